The van der Waals surface area contributed by atoms with Gasteiger partial charge in [-0.2, -0.15) is 4.98 Å². The fraction of sp³-hybridized carbons (Fsp3) is 0.333. The van der Waals surface area contributed by atoms with Gasteiger partial charge in [0.15, 0.2) is 23.1 Å². The number of ether oxygens (including phenoxy) is 1. The summed E-state index contributed by atoms with van der Waals surface area (Å²) in [6, 6.07) is 6.47. The molecule has 1 aliphatic carbocycles. The van der Waals surface area contributed by atoms with Gasteiger partial charge in [0.25, 0.3) is 11.8 Å². The van der Waals surface area contributed by atoms with Crippen LogP contribution in [0.5, 0.6) is 5.75 Å². The minimum Gasteiger partial charge on any atom is -0.494 e. The quantitative estimate of drug-likeness (QED) is 0.271. The number of anilines is 3. The minimum absolute atomic E-state index is 0.0145. The molecule has 1 saturated carbocycles. The van der Waals surface area contributed by atoms with Crippen LogP contribution in [0.2, 0.25) is 0 Å². The molecule has 0 saturated heterocycles. The van der Waals surface area contributed by atoms with E-state index in [0.717, 1.165) is 12.8 Å². The Morgan fingerprint density at radius 3 is 2.58 bits per heavy atom. The van der Waals surface area contributed by atoms with Crippen LogP contribution in [0, 0.1) is 5.92 Å². The van der Waals surface area contributed by atoms with Crippen molar-refractivity contribution in [2.24, 2.45) is 11.7 Å². The summed E-state index contributed by atoms with van der Waals surface area (Å²) >= 11 is 0. The van der Waals surface area contributed by atoms with Crippen molar-refractivity contribution < 1.29 is 18.8 Å². The van der Waals surface area contributed by atoms with E-state index in [4.69, 9.17) is 15.0 Å². The third-order valence-electron chi connectivity index (χ3n) is 5.26. The van der Waals surface area contributed by atoms with Gasteiger partial charge in [-0.1, -0.05) is 11.2 Å². The summed E-state index contributed by atoms with van der Waals surface area (Å²) in [6.07, 6.45) is 1.70. The van der Waals surface area contributed by atoms with Gasteiger partial charge in [0.1, 0.15) is 23.5 Å². The Morgan fingerprint density at radius 1 is 1.22 bits per heavy atom. The van der Waals surface area contributed by atoms with Crippen LogP contribution in [0.25, 0.3) is 11.5 Å². The van der Waals surface area contributed by atoms with E-state index in [2.05, 4.69) is 36.3 Å². The van der Waals surface area contributed by atoms with Crippen LogP contribution < -0.4 is 26.4 Å². The monoisotopic (exact) mass is 488 g/mol. The maximum absolute atomic E-state index is 13.0. The zero-order chi connectivity index (χ0) is 26.0. The lowest BCUT2D eigenvalue weighted by atomic mass is 9.49. The summed E-state index contributed by atoms with van der Waals surface area (Å²) in [5, 5.41) is 20.4. The summed E-state index contributed by atoms with van der Waals surface area (Å²) < 4.78 is 11.0. The van der Waals surface area contributed by atoms with Crippen molar-refractivity contribution in [1.82, 2.24) is 25.7 Å². The molecule has 0 spiro atoms. The highest BCUT2D eigenvalue weighted by molar-refractivity contribution is 6.60. The Hall–Kier alpha value is -3.87. The van der Waals surface area contributed by atoms with Gasteiger partial charge in [-0.3, -0.25) is 9.59 Å². The molecule has 3 aromatic rings. The molecule has 2 aromatic heterocycles. The number of hydrogen-bond acceptors (Lipinski definition) is 10. The summed E-state index contributed by atoms with van der Waals surface area (Å²) in [5.74, 6) is 0.670. The van der Waals surface area contributed by atoms with E-state index in [1.165, 1.54) is 7.11 Å². The first-order chi connectivity index (χ1) is 17.1. The number of methoxy groups -OCH3 is 1. The molecule has 184 valence electrons. The van der Waals surface area contributed by atoms with Crippen molar-refractivity contribution in [3.8, 4) is 17.2 Å². The first-order valence-corrected chi connectivity index (χ1v) is 11.6. The molecule has 4 rings (SSSR count). The molecular formula is C21H27B3N8O4. The minimum atomic E-state index is -0.498. The van der Waals surface area contributed by atoms with Crippen molar-refractivity contribution >= 4 is 52.5 Å². The van der Waals surface area contributed by atoms with Gasteiger partial charge >= 0.3 is 0 Å². The lowest BCUT2D eigenvalue weighted by Crippen LogP contribution is -2.50. The van der Waals surface area contributed by atoms with Crippen molar-refractivity contribution in [2.75, 3.05) is 17.7 Å². The SMILES string of the molecule is BC(B)(B)NC(=O)c1nnc(NC(=O)C2CC2)cc1Nc1cccc(-c2nc([C@@H](C)N)no2)c1OC. The van der Waals surface area contributed by atoms with Crippen LogP contribution in [0.3, 0.4) is 0 Å². The van der Waals surface area contributed by atoms with E-state index in [-0.39, 0.29) is 29.2 Å². The van der Waals surface area contributed by atoms with Crippen LogP contribution in [0.15, 0.2) is 28.8 Å². The van der Waals surface area contributed by atoms with Crippen molar-refractivity contribution in [2.45, 2.75) is 31.0 Å². The highest BCUT2D eigenvalue weighted by Gasteiger charge is 2.30. The van der Waals surface area contributed by atoms with E-state index < -0.39 is 17.2 Å². The number of benzene rings is 1. The second-order valence-corrected chi connectivity index (χ2v) is 9.72. The fourth-order valence-electron chi connectivity index (χ4n) is 3.39. The van der Waals surface area contributed by atoms with Gasteiger partial charge in [-0.25, -0.2) is 0 Å². The van der Waals surface area contributed by atoms with E-state index in [1.807, 2.05) is 23.5 Å². The van der Waals surface area contributed by atoms with Gasteiger partial charge in [0.2, 0.25) is 5.91 Å². The third-order valence-corrected chi connectivity index (χ3v) is 5.26. The van der Waals surface area contributed by atoms with Crippen molar-refractivity contribution in [1.29, 1.82) is 0 Å². The number of hydrogen-bond donors (Lipinski definition) is 4. The maximum atomic E-state index is 13.0. The molecule has 2 heterocycles. The second kappa shape index (κ2) is 10.0. The van der Waals surface area contributed by atoms with Crippen LogP contribution in [0.1, 0.15) is 42.1 Å². The van der Waals surface area contributed by atoms with Crippen LogP contribution in [-0.4, -0.2) is 68.0 Å². The normalized spacial score (nSPS) is 14.1. The average Bonchev–Trinajstić information content (AvgIpc) is 3.54. The van der Waals surface area contributed by atoms with Crippen LogP contribution in [-0.2, 0) is 4.79 Å². The predicted molar refractivity (Wildman–Crippen MR) is 141 cm³/mol. The Kier molecular flexibility index (Phi) is 7.02. The molecule has 1 atom stereocenters. The zero-order valence-corrected chi connectivity index (χ0v) is 20.9. The van der Waals surface area contributed by atoms with E-state index >= 15 is 0 Å². The number of amides is 2. The molecule has 1 fully saturated rings. The molecule has 0 radical (unpaired) electrons. The molecular weight excluding hydrogens is 461 g/mol. The molecule has 0 bridgehead atoms. The Labute approximate surface area is 210 Å². The third kappa shape index (κ3) is 5.85. The number of rotatable bonds is 9. The molecule has 1 aliphatic rings. The smallest absolute Gasteiger partial charge is 0.272 e. The van der Waals surface area contributed by atoms with E-state index in [0.29, 0.717) is 28.5 Å². The summed E-state index contributed by atoms with van der Waals surface area (Å²) in [7, 11) is 7.10. The Bertz CT molecular complexity index is 1290. The number of carbonyl (C=O) groups is 2. The number of para-hydroxylation sites is 1. The van der Waals surface area contributed by atoms with Crippen LogP contribution >= 0.6 is 0 Å². The topological polar surface area (TPSA) is 170 Å². The number of nitrogens with two attached hydrogens (primary N) is 1. The molecule has 36 heavy (non-hydrogen) atoms. The lowest BCUT2D eigenvalue weighted by molar-refractivity contribution is -0.117. The largest absolute Gasteiger partial charge is 0.494 e. The molecule has 15 heteroatoms. The highest BCUT2D eigenvalue weighted by atomic mass is 16.5. The zero-order valence-electron chi connectivity index (χ0n) is 20.9. The number of nitrogens with zero attached hydrogens (tertiary/aromatic N) is 4. The first kappa shape index (κ1) is 25.2. The lowest BCUT2D eigenvalue weighted by Gasteiger charge is -2.21. The molecule has 1 aromatic carbocycles. The molecule has 2 amide bonds. The molecule has 0 unspecified atom stereocenters. The first-order valence-electron chi connectivity index (χ1n) is 11.6. The number of aromatic nitrogens is 4. The van der Waals surface area contributed by atoms with E-state index in [1.54, 1.807) is 31.2 Å². The number of carbonyl (C=O) groups excluding carboxylic acids is 2. The Morgan fingerprint density at radius 2 is 1.97 bits per heavy atom. The highest BCUT2D eigenvalue weighted by Crippen LogP contribution is 2.38. The van der Waals surface area contributed by atoms with Gasteiger partial charge < -0.3 is 30.9 Å². The van der Waals surface area contributed by atoms with Gasteiger partial charge in [0, 0.05) is 12.0 Å². The van der Waals surface area contributed by atoms with Crippen molar-refractivity contribution in [3.63, 3.8) is 0 Å². The standard InChI is InChI=1S/C21H27B3N8O4/c1-9(25)17-28-20(36-32-17)11-4-3-5-12(16(11)35-2)26-13-8-14(27-18(33)10-6-7-10)30-31-15(13)19(34)29-21(22,23)24/h3-5,8-10H,6-7,22-25H2,1-2H3,(H,29,34)(H2,26,27,30,33)/t9-/m1/s1. The summed E-state index contributed by atoms with van der Waals surface area (Å²) in [5.41, 5.74) is 7.28. The fourth-order valence-corrected chi connectivity index (χ4v) is 3.39. The predicted octanol–water partition coefficient (Wildman–Crippen LogP) is -1.11. The molecule has 12 nitrogen and oxygen atoms in total. The van der Waals surface area contributed by atoms with Crippen LogP contribution in [0.4, 0.5) is 17.2 Å². The average molecular weight is 488 g/mol. The summed E-state index contributed by atoms with van der Waals surface area (Å²) in [6.45, 7) is 1.75. The van der Waals surface area contributed by atoms with Gasteiger partial charge in [0.05, 0.1) is 30.1 Å². The Balaban J connectivity index is 1.72. The van der Waals surface area contributed by atoms with Gasteiger partial charge in [-0.05, 0) is 37.1 Å². The maximum Gasteiger partial charge on any atom is 0.272 e. The van der Waals surface area contributed by atoms with Crippen molar-refractivity contribution in [3.05, 3.63) is 35.8 Å². The number of nitrogens with one attached hydrogen (secondary N) is 3. The van der Waals surface area contributed by atoms with E-state index in [9.17, 15) is 9.59 Å². The summed E-state index contributed by atoms with van der Waals surface area (Å²) in [4.78, 5) is 29.6. The molecule has 0 aliphatic heterocycles. The second-order valence-electron chi connectivity index (χ2n) is 9.72. The molecule has 5 N–H and O–H groups in total. The van der Waals surface area contributed by atoms with Gasteiger partial charge in [-0.15, -0.1) is 10.2 Å².